The molecule has 0 rings (SSSR count). The molecule has 0 aromatic carbocycles. The Labute approximate surface area is 353 Å². The number of hydrogen-bond acceptors (Lipinski definition) is 13. The highest BCUT2D eigenvalue weighted by molar-refractivity contribution is 5.84. The number of alkyl carbamates (subject to hydrolysis) is 1. The number of carbonyl (C=O) groups excluding carboxylic acids is 6. The first-order chi connectivity index (χ1) is 28.4. The smallest absolute Gasteiger partial charge is 0.407 e. The van der Waals surface area contributed by atoms with Crippen molar-refractivity contribution in [3.05, 3.63) is 0 Å². The van der Waals surface area contributed by atoms with Gasteiger partial charge in [-0.1, -0.05) is 46.5 Å². The summed E-state index contributed by atoms with van der Waals surface area (Å²) in [6, 6.07) is 0. The van der Waals surface area contributed by atoms with Crippen LogP contribution >= 0.6 is 0 Å². The SMILES string of the molecule is CCCCOCCOC(=O)CC(CCCCNC(=O)OCCOCCOC)C(=O)NCCC(=O)N(CCNCCCCC(C)C(N)=O)CCNCCCCC(C)C(N)=O. The van der Waals surface area contributed by atoms with Crippen LogP contribution in [0.5, 0.6) is 0 Å². The summed E-state index contributed by atoms with van der Waals surface area (Å²) in [6.45, 7) is 11.9. The average molecular weight is 846 g/mol. The van der Waals surface area contributed by atoms with E-state index in [0.717, 1.165) is 64.5 Å². The minimum absolute atomic E-state index is 0.0808. The number of amides is 5. The van der Waals surface area contributed by atoms with E-state index in [-0.39, 0.29) is 81.3 Å². The number of nitrogens with two attached hydrogens (primary N) is 2. The van der Waals surface area contributed by atoms with Gasteiger partial charge in [-0.05, 0) is 58.0 Å². The van der Waals surface area contributed by atoms with Gasteiger partial charge in [0.2, 0.25) is 23.6 Å². The van der Waals surface area contributed by atoms with Gasteiger partial charge in [-0.2, -0.15) is 0 Å². The second-order valence-corrected chi connectivity index (χ2v) is 14.8. The van der Waals surface area contributed by atoms with E-state index < -0.39 is 18.0 Å². The first-order valence-electron chi connectivity index (χ1n) is 21.7. The quantitative estimate of drug-likeness (QED) is 0.0381. The molecule has 0 spiro atoms. The van der Waals surface area contributed by atoms with Gasteiger partial charge in [0.15, 0.2) is 0 Å². The number of unbranched alkanes of at least 4 members (excludes halogenated alkanes) is 4. The molecule has 0 aromatic heterocycles. The molecule has 59 heavy (non-hydrogen) atoms. The molecule has 0 saturated heterocycles. The van der Waals surface area contributed by atoms with Crippen molar-refractivity contribution in [1.82, 2.24) is 26.2 Å². The van der Waals surface area contributed by atoms with Gasteiger partial charge in [0.05, 0.1) is 32.8 Å². The Hall–Kier alpha value is -3.58. The molecule has 18 nitrogen and oxygen atoms in total. The van der Waals surface area contributed by atoms with Gasteiger partial charge in [-0.15, -0.1) is 0 Å². The van der Waals surface area contributed by atoms with E-state index >= 15 is 0 Å². The molecule has 0 heterocycles. The Morgan fingerprint density at radius 3 is 1.71 bits per heavy atom. The van der Waals surface area contributed by atoms with Crippen LogP contribution in [-0.4, -0.2) is 146 Å². The maximum absolute atomic E-state index is 13.4. The average Bonchev–Trinajstić information content (AvgIpc) is 3.20. The summed E-state index contributed by atoms with van der Waals surface area (Å²) in [6.07, 6.45) is 7.74. The van der Waals surface area contributed by atoms with E-state index in [4.69, 9.17) is 35.2 Å². The molecule has 0 radical (unpaired) electrons. The minimum Gasteiger partial charge on any atom is -0.463 e. The summed E-state index contributed by atoms with van der Waals surface area (Å²) in [5.41, 5.74) is 10.7. The highest BCUT2D eigenvalue weighted by Gasteiger charge is 2.23. The molecule has 344 valence electrons. The number of esters is 1. The van der Waals surface area contributed by atoms with E-state index in [1.165, 1.54) is 0 Å². The first-order valence-corrected chi connectivity index (χ1v) is 21.7. The molecule has 0 aliphatic rings. The zero-order chi connectivity index (χ0) is 43.9. The second kappa shape index (κ2) is 38.6. The Bertz CT molecular complexity index is 1100. The van der Waals surface area contributed by atoms with Crippen molar-refractivity contribution in [2.45, 2.75) is 104 Å². The van der Waals surface area contributed by atoms with Gasteiger partial charge in [0.1, 0.15) is 13.2 Å². The predicted molar refractivity (Wildman–Crippen MR) is 225 cm³/mol. The van der Waals surface area contributed by atoms with Gasteiger partial charge in [0.25, 0.3) is 0 Å². The second-order valence-electron chi connectivity index (χ2n) is 14.8. The van der Waals surface area contributed by atoms with Crippen molar-refractivity contribution < 1.29 is 52.5 Å². The zero-order valence-electron chi connectivity index (χ0n) is 36.6. The molecule has 0 fully saturated rings. The number of nitrogens with one attached hydrogen (secondary N) is 4. The number of primary amides is 2. The summed E-state index contributed by atoms with van der Waals surface area (Å²) in [7, 11) is 1.57. The van der Waals surface area contributed by atoms with Crippen LogP contribution in [0, 0.1) is 17.8 Å². The van der Waals surface area contributed by atoms with Crippen molar-refractivity contribution in [2.75, 3.05) is 106 Å². The Balaban J connectivity index is 5.09. The van der Waals surface area contributed by atoms with Crippen molar-refractivity contribution in [2.24, 2.45) is 29.2 Å². The van der Waals surface area contributed by atoms with Crippen LogP contribution < -0.4 is 32.7 Å². The van der Waals surface area contributed by atoms with Gasteiger partial charge in [-0.3, -0.25) is 24.0 Å². The van der Waals surface area contributed by atoms with Crippen LogP contribution in [0.15, 0.2) is 0 Å². The predicted octanol–water partition coefficient (Wildman–Crippen LogP) is 2.01. The number of nitrogens with zero attached hydrogens (tertiary/aromatic N) is 1. The molecule has 0 aliphatic carbocycles. The van der Waals surface area contributed by atoms with Gasteiger partial charge in [0, 0.05) is 77.2 Å². The monoisotopic (exact) mass is 846 g/mol. The summed E-state index contributed by atoms with van der Waals surface area (Å²) in [4.78, 5) is 75.8. The molecule has 8 N–H and O–H groups in total. The Morgan fingerprint density at radius 2 is 1.14 bits per heavy atom. The molecule has 0 aromatic rings. The van der Waals surface area contributed by atoms with Crippen molar-refractivity contribution in [3.63, 3.8) is 0 Å². The molecule has 18 heteroatoms. The Morgan fingerprint density at radius 1 is 0.593 bits per heavy atom. The fourth-order valence-electron chi connectivity index (χ4n) is 5.66. The minimum atomic E-state index is -0.684. The number of rotatable bonds is 41. The van der Waals surface area contributed by atoms with Crippen LogP contribution in [0.2, 0.25) is 0 Å². The lowest BCUT2D eigenvalue weighted by Crippen LogP contribution is -2.42. The molecule has 0 bridgehead atoms. The fourth-order valence-corrected chi connectivity index (χ4v) is 5.66. The molecule has 3 atom stereocenters. The van der Waals surface area contributed by atoms with E-state index in [9.17, 15) is 28.8 Å². The normalized spacial score (nSPS) is 12.6. The summed E-state index contributed by atoms with van der Waals surface area (Å²) in [5, 5.41) is 12.3. The maximum atomic E-state index is 13.4. The van der Waals surface area contributed by atoms with Crippen molar-refractivity contribution >= 4 is 35.7 Å². The Kier molecular flexibility index (Phi) is 36.3. The third-order valence-corrected chi connectivity index (χ3v) is 9.62. The fraction of sp³-hybridized carbons (Fsp3) is 0.854. The van der Waals surface area contributed by atoms with Crippen LogP contribution in [-0.2, 0) is 47.7 Å². The van der Waals surface area contributed by atoms with Crippen LogP contribution in [0.3, 0.4) is 0 Å². The van der Waals surface area contributed by atoms with Crippen molar-refractivity contribution in [3.8, 4) is 0 Å². The third-order valence-electron chi connectivity index (χ3n) is 9.62. The molecule has 5 amide bonds. The number of hydrogen-bond donors (Lipinski definition) is 6. The van der Waals surface area contributed by atoms with E-state index in [0.29, 0.717) is 71.8 Å². The number of carbonyl (C=O) groups is 6. The lowest BCUT2D eigenvalue weighted by Gasteiger charge is -2.24. The molecule has 0 aliphatic heterocycles. The first kappa shape index (κ1) is 55.4. The standard InChI is InChI=1S/C41H79N7O11/c1-5-6-25-56-28-30-58-37(50)32-35(15-9-12-19-47-41(54)59-31-29-57-27-26-55-4)40(53)46-20-16-36(49)48(23-21-44-17-10-7-13-33(2)38(42)51)24-22-45-18-11-8-14-34(3)39(43)52/h33-35,44-45H,5-32H2,1-4H3,(H2,42,51)(H2,43,52)(H,46,53)(H,47,54). The largest absolute Gasteiger partial charge is 0.463 e. The number of ether oxygens (including phenoxy) is 5. The van der Waals surface area contributed by atoms with Gasteiger partial charge >= 0.3 is 12.1 Å². The molecular weight excluding hydrogens is 766 g/mol. The molecule has 3 unspecified atom stereocenters. The summed E-state index contributed by atoms with van der Waals surface area (Å²) in [5.74, 6) is -2.56. The topological polar surface area (TPSA) is 252 Å². The van der Waals surface area contributed by atoms with Crippen LogP contribution in [0.1, 0.15) is 104 Å². The van der Waals surface area contributed by atoms with E-state index in [1.807, 2.05) is 13.8 Å². The van der Waals surface area contributed by atoms with Crippen molar-refractivity contribution in [1.29, 1.82) is 0 Å². The van der Waals surface area contributed by atoms with Gasteiger partial charge in [-0.25, -0.2) is 4.79 Å². The summed E-state index contributed by atoms with van der Waals surface area (Å²) >= 11 is 0. The summed E-state index contributed by atoms with van der Waals surface area (Å²) < 4.78 is 26.1. The molecular formula is C41H79N7O11. The lowest BCUT2D eigenvalue weighted by atomic mass is 9.97. The van der Waals surface area contributed by atoms with Crippen LogP contribution in [0.25, 0.3) is 0 Å². The lowest BCUT2D eigenvalue weighted by molar-refractivity contribution is -0.148. The highest BCUT2D eigenvalue weighted by Crippen LogP contribution is 2.15. The third kappa shape index (κ3) is 33.9. The van der Waals surface area contributed by atoms with Crippen LogP contribution in [0.4, 0.5) is 4.79 Å². The molecule has 0 saturated carbocycles. The zero-order valence-corrected chi connectivity index (χ0v) is 36.6. The maximum Gasteiger partial charge on any atom is 0.407 e. The van der Waals surface area contributed by atoms with E-state index in [2.05, 4.69) is 28.2 Å². The van der Waals surface area contributed by atoms with E-state index in [1.54, 1.807) is 12.0 Å². The highest BCUT2D eigenvalue weighted by atomic mass is 16.6. The number of methoxy groups -OCH3 is 1. The van der Waals surface area contributed by atoms with Gasteiger partial charge < -0.3 is 61.3 Å².